The quantitative estimate of drug-likeness (QED) is 0.591. The molecule has 0 spiro atoms. The van der Waals surface area contributed by atoms with Crippen molar-refractivity contribution < 1.29 is 19.0 Å². The lowest BCUT2D eigenvalue weighted by atomic mass is 10.1. The Morgan fingerprint density at radius 3 is 2.36 bits per heavy atom. The van der Waals surface area contributed by atoms with Crippen LogP contribution in [0.4, 0.5) is 0 Å². The van der Waals surface area contributed by atoms with Crippen molar-refractivity contribution in [1.82, 2.24) is 5.43 Å². The van der Waals surface area contributed by atoms with E-state index in [0.29, 0.717) is 23.8 Å². The molecule has 2 aromatic rings. The van der Waals surface area contributed by atoms with Gasteiger partial charge in [0.05, 0.1) is 19.4 Å². The van der Waals surface area contributed by atoms with E-state index in [9.17, 15) is 4.79 Å². The molecule has 0 aliphatic carbocycles. The molecule has 132 valence electrons. The van der Waals surface area contributed by atoms with E-state index in [0.717, 1.165) is 11.3 Å². The molecule has 25 heavy (non-hydrogen) atoms. The van der Waals surface area contributed by atoms with Crippen LogP contribution in [0.2, 0.25) is 0 Å². The van der Waals surface area contributed by atoms with E-state index >= 15 is 0 Å². The molecule has 2 rings (SSSR count). The van der Waals surface area contributed by atoms with Gasteiger partial charge >= 0.3 is 0 Å². The summed E-state index contributed by atoms with van der Waals surface area (Å²) in [4.78, 5) is 11.9. The number of hydrogen-bond acceptors (Lipinski definition) is 5. The number of benzene rings is 2. The monoisotopic (exact) mass is 342 g/mol. The van der Waals surface area contributed by atoms with E-state index in [4.69, 9.17) is 14.2 Å². The van der Waals surface area contributed by atoms with Gasteiger partial charge in [-0.05, 0) is 55.8 Å². The molecule has 0 radical (unpaired) electrons. The third-order valence-corrected chi connectivity index (χ3v) is 3.36. The van der Waals surface area contributed by atoms with E-state index < -0.39 is 0 Å². The van der Waals surface area contributed by atoms with E-state index in [2.05, 4.69) is 10.5 Å². The highest BCUT2D eigenvalue weighted by molar-refractivity contribution is 5.99. The van der Waals surface area contributed by atoms with Crippen molar-refractivity contribution in [2.45, 2.75) is 13.8 Å². The molecule has 0 heterocycles. The third kappa shape index (κ3) is 5.53. The minimum Gasteiger partial charge on any atom is -0.494 e. The van der Waals surface area contributed by atoms with Crippen molar-refractivity contribution in [3.8, 4) is 17.2 Å². The zero-order valence-corrected chi connectivity index (χ0v) is 14.6. The smallest absolute Gasteiger partial charge is 0.277 e. The molecule has 0 aliphatic heterocycles. The molecular formula is C19H22N2O4. The van der Waals surface area contributed by atoms with E-state index in [-0.39, 0.29) is 12.5 Å². The summed E-state index contributed by atoms with van der Waals surface area (Å²) in [5.74, 6) is 1.53. The molecule has 6 nitrogen and oxygen atoms in total. The number of rotatable bonds is 8. The van der Waals surface area contributed by atoms with Gasteiger partial charge in [-0.25, -0.2) is 5.43 Å². The lowest BCUT2D eigenvalue weighted by molar-refractivity contribution is -0.123. The molecule has 2 aromatic carbocycles. The zero-order chi connectivity index (χ0) is 18.1. The molecule has 1 amide bonds. The SMILES string of the molecule is CCOc1ccc(/C(C)=N\NC(=O)COc2ccccc2OC)cc1. The second-order valence-corrected chi connectivity index (χ2v) is 5.13. The summed E-state index contributed by atoms with van der Waals surface area (Å²) in [5.41, 5.74) is 4.07. The van der Waals surface area contributed by atoms with Crippen LogP contribution in [0.15, 0.2) is 53.6 Å². The maximum atomic E-state index is 11.9. The van der Waals surface area contributed by atoms with Gasteiger partial charge in [-0.2, -0.15) is 5.10 Å². The Labute approximate surface area is 147 Å². The largest absolute Gasteiger partial charge is 0.494 e. The van der Waals surface area contributed by atoms with Crippen LogP contribution >= 0.6 is 0 Å². The van der Waals surface area contributed by atoms with Crippen molar-refractivity contribution in [2.24, 2.45) is 5.10 Å². The molecule has 0 saturated carbocycles. The number of carbonyl (C=O) groups is 1. The van der Waals surface area contributed by atoms with E-state index in [1.165, 1.54) is 0 Å². The second-order valence-electron chi connectivity index (χ2n) is 5.13. The minimum absolute atomic E-state index is 0.152. The fourth-order valence-electron chi connectivity index (χ4n) is 2.08. The Balaban J connectivity index is 1.88. The van der Waals surface area contributed by atoms with Crippen molar-refractivity contribution >= 4 is 11.6 Å². The van der Waals surface area contributed by atoms with Gasteiger partial charge in [-0.1, -0.05) is 12.1 Å². The molecule has 0 aromatic heterocycles. The van der Waals surface area contributed by atoms with Gasteiger partial charge in [-0.3, -0.25) is 4.79 Å². The first-order chi connectivity index (χ1) is 12.1. The van der Waals surface area contributed by atoms with E-state index in [1.807, 2.05) is 50.2 Å². The highest BCUT2D eigenvalue weighted by atomic mass is 16.5. The second kappa shape index (κ2) is 9.32. The van der Waals surface area contributed by atoms with Crippen molar-refractivity contribution in [1.29, 1.82) is 0 Å². The van der Waals surface area contributed by atoms with Crippen LogP contribution in [0.25, 0.3) is 0 Å². The lowest BCUT2D eigenvalue weighted by Crippen LogP contribution is -2.25. The van der Waals surface area contributed by atoms with Crippen molar-refractivity contribution in [2.75, 3.05) is 20.3 Å². The number of nitrogens with zero attached hydrogens (tertiary/aromatic N) is 1. The molecule has 0 bridgehead atoms. The number of amides is 1. The summed E-state index contributed by atoms with van der Waals surface area (Å²) < 4.78 is 16.0. The number of carbonyl (C=O) groups excluding carboxylic acids is 1. The van der Waals surface area contributed by atoms with Crippen LogP contribution in [0, 0.1) is 0 Å². The number of nitrogens with one attached hydrogen (secondary N) is 1. The fraction of sp³-hybridized carbons (Fsp3) is 0.263. The summed E-state index contributed by atoms with van der Waals surface area (Å²) in [6, 6.07) is 14.7. The number of ether oxygens (including phenoxy) is 3. The zero-order valence-electron chi connectivity index (χ0n) is 14.6. The molecule has 0 fully saturated rings. The Bertz CT molecular complexity index is 726. The van der Waals surface area contributed by atoms with Crippen LogP contribution in [0.5, 0.6) is 17.2 Å². The van der Waals surface area contributed by atoms with Crippen LogP contribution in [-0.2, 0) is 4.79 Å². The van der Waals surface area contributed by atoms with Gasteiger partial charge in [0.15, 0.2) is 18.1 Å². The fourth-order valence-corrected chi connectivity index (χ4v) is 2.08. The van der Waals surface area contributed by atoms with Gasteiger partial charge in [0.1, 0.15) is 5.75 Å². The molecular weight excluding hydrogens is 320 g/mol. The first-order valence-corrected chi connectivity index (χ1v) is 7.96. The highest BCUT2D eigenvalue weighted by Crippen LogP contribution is 2.25. The molecule has 0 unspecified atom stereocenters. The maximum Gasteiger partial charge on any atom is 0.277 e. The maximum absolute atomic E-state index is 11.9. The topological polar surface area (TPSA) is 69.2 Å². The Kier molecular flexibility index (Phi) is 6.83. The molecule has 1 N–H and O–H groups in total. The van der Waals surface area contributed by atoms with Crippen molar-refractivity contribution in [3.63, 3.8) is 0 Å². The number of methoxy groups -OCH3 is 1. The molecule has 6 heteroatoms. The van der Waals surface area contributed by atoms with Gasteiger partial charge in [0, 0.05) is 0 Å². The van der Waals surface area contributed by atoms with Crippen LogP contribution < -0.4 is 19.6 Å². The highest BCUT2D eigenvalue weighted by Gasteiger charge is 2.06. The summed E-state index contributed by atoms with van der Waals surface area (Å²) in [5, 5.41) is 4.09. The average molecular weight is 342 g/mol. The number of para-hydroxylation sites is 2. The first kappa shape index (κ1) is 18.3. The molecule has 0 saturated heterocycles. The standard InChI is InChI=1S/C19H22N2O4/c1-4-24-16-11-9-15(10-12-16)14(2)20-21-19(22)13-25-18-8-6-5-7-17(18)23-3/h5-12H,4,13H2,1-3H3,(H,21,22)/b20-14-. The van der Waals surface area contributed by atoms with Gasteiger partial charge in [0.25, 0.3) is 5.91 Å². The molecule has 0 aliphatic rings. The van der Waals surface area contributed by atoms with Gasteiger partial charge in [-0.15, -0.1) is 0 Å². The Hall–Kier alpha value is -3.02. The lowest BCUT2D eigenvalue weighted by Gasteiger charge is -2.09. The third-order valence-electron chi connectivity index (χ3n) is 3.36. The Morgan fingerprint density at radius 1 is 1.04 bits per heavy atom. The first-order valence-electron chi connectivity index (χ1n) is 7.96. The predicted molar refractivity (Wildman–Crippen MR) is 96.5 cm³/mol. The summed E-state index contributed by atoms with van der Waals surface area (Å²) in [6.07, 6.45) is 0. The average Bonchev–Trinajstić information content (AvgIpc) is 2.65. The van der Waals surface area contributed by atoms with Crippen LogP contribution in [-0.4, -0.2) is 31.9 Å². The van der Waals surface area contributed by atoms with Crippen LogP contribution in [0.1, 0.15) is 19.4 Å². The number of hydrazone groups is 1. The summed E-state index contributed by atoms with van der Waals surface area (Å²) in [6.45, 7) is 4.22. The minimum atomic E-state index is -0.351. The normalized spacial score (nSPS) is 10.9. The summed E-state index contributed by atoms with van der Waals surface area (Å²) >= 11 is 0. The van der Waals surface area contributed by atoms with Gasteiger partial charge < -0.3 is 14.2 Å². The predicted octanol–water partition coefficient (Wildman–Crippen LogP) is 3.01. The summed E-state index contributed by atoms with van der Waals surface area (Å²) in [7, 11) is 1.55. The number of hydrogen-bond donors (Lipinski definition) is 1. The van der Waals surface area contributed by atoms with Gasteiger partial charge in [0.2, 0.25) is 0 Å². The van der Waals surface area contributed by atoms with E-state index in [1.54, 1.807) is 19.2 Å². The van der Waals surface area contributed by atoms with Crippen molar-refractivity contribution in [3.05, 3.63) is 54.1 Å². The van der Waals surface area contributed by atoms with Crippen LogP contribution in [0.3, 0.4) is 0 Å². The Morgan fingerprint density at radius 2 is 1.72 bits per heavy atom. The molecule has 0 atom stereocenters.